The van der Waals surface area contributed by atoms with E-state index in [-0.39, 0.29) is 25.1 Å². The molecule has 142 valence electrons. The first-order valence-electron chi connectivity index (χ1n) is 8.93. The van der Waals surface area contributed by atoms with Crippen LogP contribution in [0.3, 0.4) is 0 Å². The molecule has 1 heterocycles. The molecule has 1 saturated heterocycles. The molecule has 7 heteroatoms. The van der Waals surface area contributed by atoms with Crippen molar-refractivity contribution < 1.29 is 23.9 Å². The minimum atomic E-state index is -0.647. The standard InChI is InChI=1S/C19H26N2O5/c1-3-14-8-6-7-11-21(14)17(22)13-26-18(23)12-20-19(24)15-9-4-5-10-16(15)25-2/h4-5,9-10,14H,3,6-8,11-13H2,1-2H3,(H,20,24). The number of methoxy groups -OCH3 is 1. The Bertz CT molecular complexity index is 647. The van der Waals surface area contributed by atoms with E-state index in [0.717, 1.165) is 25.7 Å². The Morgan fingerprint density at radius 2 is 2.00 bits per heavy atom. The molecule has 1 aromatic rings. The van der Waals surface area contributed by atoms with Gasteiger partial charge in [-0.25, -0.2) is 0 Å². The Hall–Kier alpha value is -2.57. The normalized spacial score (nSPS) is 16.7. The first-order chi connectivity index (χ1) is 12.6. The third-order valence-electron chi connectivity index (χ3n) is 4.52. The smallest absolute Gasteiger partial charge is 0.325 e. The Kier molecular flexibility index (Phi) is 7.44. The molecule has 0 aromatic heterocycles. The van der Waals surface area contributed by atoms with Gasteiger partial charge in [0.1, 0.15) is 12.3 Å². The molecule has 1 atom stereocenters. The lowest BCUT2D eigenvalue weighted by Crippen LogP contribution is -2.45. The van der Waals surface area contributed by atoms with Crippen LogP contribution in [0.1, 0.15) is 43.0 Å². The van der Waals surface area contributed by atoms with Crippen LogP contribution in [0.2, 0.25) is 0 Å². The van der Waals surface area contributed by atoms with Gasteiger partial charge in [-0.15, -0.1) is 0 Å². The number of carbonyl (C=O) groups excluding carboxylic acids is 3. The summed E-state index contributed by atoms with van der Waals surface area (Å²) in [5, 5.41) is 2.48. The van der Waals surface area contributed by atoms with Crippen LogP contribution in [0.15, 0.2) is 24.3 Å². The molecule has 1 fully saturated rings. The summed E-state index contributed by atoms with van der Waals surface area (Å²) >= 11 is 0. The van der Waals surface area contributed by atoms with Gasteiger partial charge in [0.25, 0.3) is 11.8 Å². The molecule has 0 saturated carbocycles. The zero-order valence-corrected chi connectivity index (χ0v) is 15.3. The van der Waals surface area contributed by atoms with Gasteiger partial charge in [-0.2, -0.15) is 0 Å². The number of benzene rings is 1. The summed E-state index contributed by atoms with van der Waals surface area (Å²) in [6, 6.07) is 6.94. The van der Waals surface area contributed by atoms with Crippen LogP contribution >= 0.6 is 0 Å². The summed E-state index contributed by atoms with van der Waals surface area (Å²) in [6.07, 6.45) is 3.99. The number of piperidine rings is 1. The third-order valence-corrected chi connectivity index (χ3v) is 4.52. The number of likely N-dealkylation sites (tertiary alicyclic amines) is 1. The van der Waals surface area contributed by atoms with Crippen molar-refractivity contribution in [3.63, 3.8) is 0 Å². The molecular weight excluding hydrogens is 336 g/mol. The molecule has 2 rings (SSSR count). The number of hydrogen-bond donors (Lipinski definition) is 1. The molecule has 2 amide bonds. The van der Waals surface area contributed by atoms with Gasteiger partial charge in [0.05, 0.1) is 12.7 Å². The van der Waals surface area contributed by atoms with Gasteiger partial charge in [-0.1, -0.05) is 19.1 Å². The molecule has 7 nitrogen and oxygen atoms in total. The summed E-state index contributed by atoms with van der Waals surface area (Å²) in [4.78, 5) is 38.0. The average Bonchev–Trinajstić information content (AvgIpc) is 2.69. The summed E-state index contributed by atoms with van der Waals surface area (Å²) in [7, 11) is 1.47. The van der Waals surface area contributed by atoms with Crippen molar-refractivity contribution in [3.8, 4) is 5.75 Å². The number of hydrogen-bond acceptors (Lipinski definition) is 5. The summed E-state index contributed by atoms with van der Waals surface area (Å²) in [5.74, 6) is -0.843. The first-order valence-corrected chi connectivity index (χ1v) is 8.93. The van der Waals surface area contributed by atoms with E-state index in [9.17, 15) is 14.4 Å². The van der Waals surface area contributed by atoms with E-state index in [1.54, 1.807) is 29.2 Å². The summed E-state index contributed by atoms with van der Waals surface area (Å²) in [6.45, 7) is 2.16. The highest BCUT2D eigenvalue weighted by Gasteiger charge is 2.26. The molecule has 1 aliphatic rings. The van der Waals surface area contributed by atoms with Crippen molar-refractivity contribution in [1.29, 1.82) is 0 Å². The van der Waals surface area contributed by atoms with Gasteiger partial charge in [0.2, 0.25) is 0 Å². The Morgan fingerprint density at radius 3 is 2.73 bits per heavy atom. The van der Waals surface area contributed by atoms with Crippen molar-refractivity contribution in [2.24, 2.45) is 0 Å². The van der Waals surface area contributed by atoms with Crippen LogP contribution in [0.4, 0.5) is 0 Å². The highest BCUT2D eigenvalue weighted by Crippen LogP contribution is 2.19. The van der Waals surface area contributed by atoms with Gasteiger partial charge >= 0.3 is 5.97 Å². The Balaban J connectivity index is 1.78. The highest BCUT2D eigenvalue weighted by atomic mass is 16.5. The Labute approximate surface area is 153 Å². The maximum Gasteiger partial charge on any atom is 0.325 e. The molecule has 0 spiro atoms. The second-order valence-corrected chi connectivity index (χ2v) is 6.19. The molecule has 0 radical (unpaired) electrons. The van der Waals surface area contributed by atoms with E-state index in [1.165, 1.54) is 7.11 Å². The molecular formula is C19H26N2O5. The van der Waals surface area contributed by atoms with E-state index >= 15 is 0 Å². The number of nitrogens with zero attached hydrogens (tertiary/aromatic N) is 1. The predicted octanol–water partition coefficient (Wildman–Crippen LogP) is 1.76. The summed E-state index contributed by atoms with van der Waals surface area (Å²) < 4.78 is 10.1. The van der Waals surface area contributed by atoms with E-state index < -0.39 is 11.9 Å². The first kappa shape index (κ1) is 19.8. The second kappa shape index (κ2) is 9.79. The van der Waals surface area contributed by atoms with E-state index in [1.807, 2.05) is 0 Å². The predicted molar refractivity (Wildman–Crippen MR) is 95.9 cm³/mol. The Morgan fingerprint density at radius 1 is 1.23 bits per heavy atom. The lowest BCUT2D eigenvalue weighted by molar-refractivity contribution is -0.152. The topological polar surface area (TPSA) is 84.9 Å². The fraction of sp³-hybridized carbons (Fsp3) is 0.526. The fourth-order valence-corrected chi connectivity index (χ4v) is 3.11. The van der Waals surface area contributed by atoms with Crippen molar-refractivity contribution in [2.45, 2.75) is 38.6 Å². The van der Waals surface area contributed by atoms with Gasteiger partial charge in [-0.05, 0) is 37.8 Å². The summed E-state index contributed by atoms with van der Waals surface area (Å²) in [5.41, 5.74) is 0.331. The zero-order chi connectivity index (χ0) is 18.9. The molecule has 26 heavy (non-hydrogen) atoms. The molecule has 0 aliphatic carbocycles. The second-order valence-electron chi connectivity index (χ2n) is 6.19. The van der Waals surface area contributed by atoms with Crippen LogP contribution in [-0.2, 0) is 14.3 Å². The van der Waals surface area contributed by atoms with Crippen molar-refractivity contribution in [1.82, 2.24) is 10.2 Å². The maximum atomic E-state index is 12.3. The largest absolute Gasteiger partial charge is 0.496 e. The number of rotatable bonds is 7. The molecule has 1 aromatic carbocycles. The van der Waals surface area contributed by atoms with Gasteiger partial charge in [0.15, 0.2) is 6.61 Å². The quantitative estimate of drug-likeness (QED) is 0.747. The average molecular weight is 362 g/mol. The lowest BCUT2D eigenvalue weighted by Gasteiger charge is -2.35. The molecule has 0 bridgehead atoms. The number of esters is 1. The SMILES string of the molecule is CCC1CCCCN1C(=O)COC(=O)CNC(=O)c1ccccc1OC. The minimum Gasteiger partial charge on any atom is -0.496 e. The fourth-order valence-electron chi connectivity index (χ4n) is 3.11. The highest BCUT2D eigenvalue weighted by molar-refractivity contribution is 5.98. The van der Waals surface area contributed by atoms with Crippen LogP contribution < -0.4 is 10.1 Å². The van der Waals surface area contributed by atoms with Crippen LogP contribution in [0.5, 0.6) is 5.75 Å². The van der Waals surface area contributed by atoms with Crippen LogP contribution in [0, 0.1) is 0 Å². The van der Waals surface area contributed by atoms with Gasteiger partial charge < -0.3 is 19.7 Å². The van der Waals surface area contributed by atoms with Gasteiger partial charge in [-0.3, -0.25) is 14.4 Å². The third kappa shape index (κ3) is 5.21. The number of para-hydroxylation sites is 1. The molecule has 1 aliphatic heterocycles. The zero-order valence-electron chi connectivity index (χ0n) is 15.3. The van der Waals surface area contributed by atoms with Crippen molar-refractivity contribution in [2.75, 3.05) is 26.8 Å². The molecule has 1 N–H and O–H groups in total. The van der Waals surface area contributed by atoms with E-state index in [0.29, 0.717) is 17.9 Å². The van der Waals surface area contributed by atoms with E-state index in [2.05, 4.69) is 12.2 Å². The van der Waals surface area contributed by atoms with Crippen molar-refractivity contribution >= 4 is 17.8 Å². The number of nitrogens with one attached hydrogen (secondary N) is 1. The molecule has 1 unspecified atom stereocenters. The monoisotopic (exact) mass is 362 g/mol. The number of ether oxygens (including phenoxy) is 2. The van der Waals surface area contributed by atoms with E-state index in [4.69, 9.17) is 9.47 Å². The van der Waals surface area contributed by atoms with Crippen LogP contribution in [0.25, 0.3) is 0 Å². The maximum absolute atomic E-state index is 12.3. The van der Waals surface area contributed by atoms with Gasteiger partial charge in [0, 0.05) is 12.6 Å². The minimum absolute atomic E-state index is 0.180. The number of amides is 2. The lowest BCUT2D eigenvalue weighted by atomic mass is 10.00. The van der Waals surface area contributed by atoms with Crippen LogP contribution in [-0.4, -0.2) is 55.5 Å². The van der Waals surface area contributed by atoms with Crippen molar-refractivity contribution in [3.05, 3.63) is 29.8 Å². The number of carbonyl (C=O) groups is 3.